The van der Waals surface area contributed by atoms with Crippen LogP contribution in [0.5, 0.6) is 0 Å². The molecule has 1 aliphatic heterocycles. The third-order valence-electron chi connectivity index (χ3n) is 3.35. The molecule has 100 valence electrons. The fourth-order valence-corrected chi connectivity index (χ4v) is 3.02. The molecule has 1 amide bonds. The minimum Gasteiger partial charge on any atom is -0.339 e. The maximum absolute atomic E-state index is 12.2. The molecule has 0 aliphatic carbocycles. The number of thiazole rings is 1. The van der Waals surface area contributed by atoms with E-state index in [9.17, 15) is 4.79 Å². The van der Waals surface area contributed by atoms with Crippen molar-refractivity contribution in [1.82, 2.24) is 14.8 Å². The van der Waals surface area contributed by atoms with Gasteiger partial charge < -0.3 is 9.80 Å². The average Bonchev–Trinajstić information content (AvgIpc) is 2.80. The molecule has 1 atom stereocenters. The summed E-state index contributed by atoms with van der Waals surface area (Å²) in [5.41, 5.74) is 0.858. The molecule has 1 unspecified atom stereocenters. The number of rotatable bonds is 3. The van der Waals surface area contributed by atoms with Gasteiger partial charge in [0, 0.05) is 31.1 Å². The van der Waals surface area contributed by atoms with E-state index in [-0.39, 0.29) is 5.91 Å². The summed E-state index contributed by atoms with van der Waals surface area (Å²) in [6, 6.07) is 0.428. The molecule has 1 fully saturated rings. The summed E-state index contributed by atoms with van der Waals surface area (Å²) in [5, 5.41) is 2.78. The number of halogens is 1. The van der Waals surface area contributed by atoms with Gasteiger partial charge in [-0.1, -0.05) is 0 Å². The maximum atomic E-state index is 12.2. The van der Waals surface area contributed by atoms with Crippen LogP contribution in [-0.2, 0) is 17.1 Å². The second-order valence-corrected chi connectivity index (χ2v) is 5.92. The van der Waals surface area contributed by atoms with Crippen LogP contribution in [-0.4, -0.2) is 53.4 Å². The lowest BCUT2D eigenvalue weighted by molar-refractivity contribution is -0.133. The van der Waals surface area contributed by atoms with Gasteiger partial charge in [0.1, 0.15) is 5.01 Å². The fraction of sp³-hybridized carbons (Fsp3) is 0.667. The Morgan fingerprint density at radius 1 is 1.61 bits per heavy atom. The molecule has 0 radical (unpaired) electrons. The third-order valence-corrected chi connectivity index (χ3v) is 4.52. The van der Waals surface area contributed by atoms with Crippen molar-refractivity contribution in [1.29, 1.82) is 0 Å². The van der Waals surface area contributed by atoms with Gasteiger partial charge in [0.15, 0.2) is 0 Å². The molecule has 0 bridgehead atoms. The van der Waals surface area contributed by atoms with Crippen LogP contribution in [0.4, 0.5) is 0 Å². The molecule has 0 N–H and O–H groups in total. The van der Waals surface area contributed by atoms with E-state index >= 15 is 0 Å². The third kappa shape index (κ3) is 3.22. The standard InChI is InChI=1S/C12H18ClN3OS/c1-9-7-16(4-3-15(9)2)12(17)5-11-14-10(6-13)8-18-11/h8-9H,3-7H2,1-2H3. The summed E-state index contributed by atoms with van der Waals surface area (Å²) in [6.45, 7) is 4.71. The zero-order valence-corrected chi connectivity index (χ0v) is 12.3. The molecular weight excluding hydrogens is 270 g/mol. The van der Waals surface area contributed by atoms with Crippen molar-refractivity contribution in [3.05, 3.63) is 16.1 Å². The summed E-state index contributed by atoms with van der Waals surface area (Å²) in [5.74, 6) is 0.585. The highest BCUT2D eigenvalue weighted by Gasteiger charge is 2.24. The van der Waals surface area contributed by atoms with Crippen LogP contribution in [0.15, 0.2) is 5.38 Å². The van der Waals surface area contributed by atoms with E-state index in [1.54, 1.807) is 0 Å². The second-order valence-electron chi connectivity index (χ2n) is 4.71. The SMILES string of the molecule is CC1CN(C(=O)Cc2nc(CCl)cs2)CCN1C. The summed E-state index contributed by atoms with van der Waals surface area (Å²) in [6.07, 6.45) is 0.401. The van der Waals surface area contributed by atoms with E-state index in [4.69, 9.17) is 11.6 Å². The first-order valence-corrected chi connectivity index (χ1v) is 7.49. The highest BCUT2D eigenvalue weighted by Crippen LogP contribution is 2.14. The number of hydrogen-bond donors (Lipinski definition) is 0. The van der Waals surface area contributed by atoms with Crippen molar-refractivity contribution in [2.75, 3.05) is 26.7 Å². The van der Waals surface area contributed by atoms with E-state index in [1.165, 1.54) is 11.3 Å². The Kier molecular flexibility index (Phi) is 4.59. The van der Waals surface area contributed by atoms with Gasteiger partial charge in [-0.3, -0.25) is 4.79 Å². The molecule has 18 heavy (non-hydrogen) atoms. The Hall–Kier alpha value is -0.650. The predicted molar refractivity (Wildman–Crippen MR) is 74.0 cm³/mol. The quantitative estimate of drug-likeness (QED) is 0.792. The highest BCUT2D eigenvalue weighted by atomic mass is 35.5. The first-order chi connectivity index (χ1) is 8.60. The maximum Gasteiger partial charge on any atom is 0.229 e. The van der Waals surface area contributed by atoms with Gasteiger partial charge in [-0.2, -0.15) is 0 Å². The van der Waals surface area contributed by atoms with E-state index in [0.29, 0.717) is 18.3 Å². The Bertz CT molecular complexity index is 423. The second kappa shape index (κ2) is 5.99. The lowest BCUT2D eigenvalue weighted by Crippen LogP contribution is -2.52. The Morgan fingerprint density at radius 2 is 2.39 bits per heavy atom. The largest absolute Gasteiger partial charge is 0.339 e. The van der Waals surface area contributed by atoms with Crippen LogP contribution in [0.3, 0.4) is 0 Å². The van der Waals surface area contributed by atoms with Gasteiger partial charge in [0.2, 0.25) is 5.91 Å². The van der Waals surface area contributed by atoms with Gasteiger partial charge >= 0.3 is 0 Å². The zero-order chi connectivity index (χ0) is 13.1. The van der Waals surface area contributed by atoms with E-state index < -0.39 is 0 Å². The zero-order valence-electron chi connectivity index (χ0n) is 10.7. The number of alkyl halides is 1. The van der Waals surface area contributed by atoms with Crippen molar-refractivity contribution in [3.8, 4) is 0 Å². The Labute approximate surface area is 117 Å². The van der Waals surface area contributed by atoms with Crippen LogP contribution in [0.25, 0.3) is 0 Å². The van der Waals surface area contributed by atoms with Crippen molar-refractivity contribution < 1.29 is 4.79 Å². The number of amides is 1. The van der Waals surface area contributed by atoms with Gasteiger partial charge in [-0.25, -0.2) is 4.98 Å². The lowest BCUT2D eigenvalue weighted by Gasteiger charge is -2.37. The number of hydrogen-bond acceptors (Lipinski definition) is 4. The molecule has 0 saturated carbocycles. The topological polar surface area (TPSA) is 36.4 Å². The molecule has 1 aromatic heterocycles. The van der Waals surface area contributed by atoms with Crippen LogP contribution >= 0.6 is 22.9 Å². The molecule has 0 spiro atoms. The molecule has 1 aliphatic rings. The van der Waals surface area contributed by atoms with E-state index in [2.05, 4.69) is 23.9 Å². The highest BCUT2D eigenvalue weighted by molar-refractivity contribution is 7.09. The van der Waals surface area contributed by atoms with Gasteiger partial charge in [-0.15, -0.1) is 22.9 Å². The minimum atomic E-state index is 0.172. The van der Waals surface area contributed by atoms with E-state index in [0.717, 1.165) is 30.3 Å². The summed E-state index contributed by atoms with van der Waals surface area (Å²) >= 11 is 7.22. The van der Waals surface area contributed by atoms with Gasteiger partial charge in [0.05, 0.1) is 18.0 Å². The fourth-order valence-electron chi connectivity index (χ4n) is 2.01. The summed E-state index contributed by atoms with van der Waals surface area (Å²) in [4.78, 5) is 20.7. The number of likely N-dealkylation sites (N-methyl/N-ethyl adjacent to an activating group) is 1. The lowest BCUT2D eigenvalue weighted by atomic mass is 10.2. The molecular formula is C12H18ClN3OS. The first-order valence-electron chi connectivity index (χ1n) is 6.07. The van der Waals surface area contributed by atoms with Crippen molar-refractivity contribution >= 4 is 28.8 Å². The van der Waals surface area contributed by atoms with Crippen LogP contribution < -0.4 is 0 Å². The molecule has 2 rings (SSSR count). The predicted octanol–water partition coefficient (Wildman–Crippen LogP) is 1.59. The van der Waals surface area contributed by atoms with Crippen LogP contribution in [0, 0.1) is 0 Å². The molecule has 4 nitrogen and oxygen atoms in total. The monoisotopic (exact) mass is 287 g/mol. The Morgan fingerprint density at radius 3 is 3.00 bits per heavy atom. The Balaban J connectivity index is 1.91. The molecule has 1 aromatic rings. The average molecular weight is 288 g/mol. The summed E-state index contributed by atoms with van der Waals surface area (Å²) < 4.78 is 0. The molecule has 0 aromatic carbocycles. The van der Waals surface area contributed by atoms with E-state index in [1.807, 2.05) is 10.3 Å². The number of carbonyl (C=O) groups excluding carboxylic acids is 1. The number of carbonyl (C=O) groups is 1. The van der Waals surface area contributed by atoms with Gasteiger partial charge in [-0.05, 0) is 14.0 Å². The molecule has 1 saturated heterocycles. The molecule has 6 heteroatoms. The van der Waals surface area contributed by atoms with Crippen LogP contribution in [0.2, 0.25) is 0 Å². The number of nitrogens with zero attached hydrogens (tertiary/aromatic N) is 3. The van der Waals surface area contributed by atoms with Crippen molar-refractivity contribution in [2.45, 2.75) is 25.3 Å². The summed E-state index contributed by atoms with van der Waals surface area (Å²) in [7, 11) is 2.10. The number of piperazine rings is 1. The minimum absolute atomic E-state index is 0.172. The van der Waals surface area contributed by atoms with Crippen LogP contribution in [0.1, 0.15) is 17.6 Å². The van der Waals surface area contributed by atoms with Crippen molar-refractivity contribution in [3.63, 3.8) is 0 Å². The normalized spacial score (nSPS) is 21.3. The van der Waals surface area contributed by atoms with Crippen molar-refractivity contribution in [2.24, 2.45) is 0 Å². The van der Waals surface area contributed by atoms with Gasteiger partial charge in [0.25, 0.3) is 0 Å². The number of aromatic nitrogens is 1. The smallest absolute Gasteiger partial charge is 0.229 e. The first kappa shape index (κ1) is 13.8. The molecule has 2 heterocycles.